The molecule has 0 bridgehead atoms. The fraction of sp³-hybridized carbons (Fsp3) is 0.900. The van der Waals surface area contributed by atoms with Crippen LogP contribution < -0.4 is 0 Å². The van der Waals surface area contributed by atoms with Crippen molar-refractivity contribution >= 4 is 6.47 Å². The molecule has 1 aliphatic heterocycles. The first-order valence-electron chi connectivity index (χ1n) is 4.93. The summed E-state index contributed by atoms with van der Waals surface area (Å²) in [6.07, 6.45) is 0. The molecule has 0 unspecified atom stereocenters. The average Bonchev–Trinajstić information content (AvgIpc) is 2.04. The zero-order valence-corrected chi connectivity index (χ0v) is 9.66. The van der Waals surface area contributed by atoms with Gasteiger partial charge in [-0.05, 0) is 27.8 Å². The highest BCUT2D eigenvalue weighted by molar-refractivity contribution is 5.32. The SMILES string of the molecule is CN1CCN(C(C)(C)C)CC1.O=CO. The highest BCUT2D eigenvalue weighted by Gasteiger charge is 2.23. The zero-order valence-electron chi connectivity index (χ0n) is 9.66. The van der Waals surface area contributed by atoms with Crippen LogP contribution in [0.2, 0.25) is 0 Å². The van der Waals surface area contributed by atoms with E-state index in [0.29, 0.717) is 5.54 Å². The van der Waals surface area contributed by atoms with Gasteiger partial charge in [-0.2, -0.15) is 0 Å². The van der Waals surface area contributed by atoms with E-state index in [-0.39, 0.29) is 6.47 Å². The van der Waals surface area contributed by atoms with E-state index in [1.165, 1.54) is 26.2 Å². The summed E-state index contributed by atoms with van der Waals surface area (Å²) >= 11 is 0. The van der Waals surface area contributed by atoms with Crippen molar-refractivity contribution in [3.63, 3.8) is 0 Å². The van der Waals surface area contributed by atoms with E-state index in [9.17, 15) is 0 Å². The van der Waals surface area contributed by atoms with E-state index in [1.54, 1.807) is 0 Å². The average molecular weight is 202 g/mol. The molecule has 0 amide bonds. The monoisotopic (exact) mass is 202 g/mol. The molecular formula is C10H22N2O2. The lowest BCUT2D eigenvalue weighted by molar-refractivity contribution is -0.122. The van der Waals surface area contributed by atoms with Crippen molar-refractivity contribution in [2.24, 2.45) is 0 Å². The van der Waals surface area contributed by atoms with Gasteiger partial charge in [0.1, 0.15) is 0 Å². The summed E-state index contributed by atoms with van der Waals surface area (Å²) in [7, 11) is 2.19. The molecule has 1 N–H and O–H groups in total. The molecule has 1 rings (SSSR count). The Morgan fingerprint density at radius 3 is 1.79 bits per heavy atom. The lowest BCUT2D eigenvalue weighted by Gasteiger charge is -2.41. The van der Waals surface area contributed by atoms with Crippen LogP contribution in [0.4, 0.5) is 0 Å². The fourth-order valence-electron chi connectivity index (χ4n) is 1.48. The van der Waals surface area contributed by atoms with Gasteiger partial charge >= 0.3 is 0 Å². The van der Waals surface area contributed by atoms with Crippen LogP contribution in [0, 0.1) is 0 Å². The number of carboxylic acid groups (broad SMARTS) is 1. The molecular weight excluding hydrogens is 180 g/mol. The van der Waals surface area contributed by atoms with Crippen LogP contribution in [0.25, 0.3) is 0 Å². The van der Waals surface area contributed by atoms with E-state index in [4.69, 9.17) is 9.90 Å². The van der Waals surface area contributed by atoms with Gasteiger partial charge in [-0.25, -0.2) is 0 Å². The standard InChI is InChI=1S/C9H20N2.CH2O2/c1-9(2,3)11-7-5-10(4)6-8-11;2-1-3/h5-8H2,1-4H3;1H,(H,2,3). The summed E-state index contributed by atoms with van der Waals surface area (Å²) in [5.41, 5.74) is 0.362. The van der Waals surface area contributed by atoms with Crippen molar-refractivity contribution in [3.05, 3.63) is 0 Å². The number of hydrogen-bond donors (Lipinski definition) is 1. The highest BCUT2D eigenvalue weighted by atomic mass is 16.3. The first-order valence-corrected chi connectivity index (χ1v) is 4.93. The van der Waals surface area contributed by atoms with Crippen LogP contribution in [0.3, 0.4) is 0 Å². The molecule has 1 heterocycles. The maximum absolute atomic E-state index is 8.36. The molecule has 84 valence electrons. The Labute approximate surface area is 86.5 Å². The van der Waals surface area contributed by atoms with Crippen molar-refractivity contribution in [2.75, 3.05) is 33.2 Å². The molecule has 0 aromatic rings. The van der Waals surface area contributed by atoms with Crippen molar-refractivity contribution in [2.45, 2.75) is 26.3 Å². The molecule has 1 fully saturated rings. The first kappa shape index (κ1) is 13.4. The number of rotatable bonds is 0. The Hall–Kier alpha value is -0.610. The second-order valence-electron chi connectivity index (χ2n) is 4.57. The number of likely N-dealkylation sites (N-methyl/N-ethyl adjacent to an activating group) is 1. The molecule has 1 aliphatic rings. The van der Waals surface area contributed by atoms with Crippen molar-refractivity contribution in [1.82, 2.24) is 9.80 Å². The van der Waals surface area contributed by atoms with Gasteiger partial charge < -0.3 is 10.0 Å². The molecule has 14 heavy (non-hydrogen) atoms. The Bertz CT molecular complexity index is 158. The van der Waals surface area contributed by atoms with Crippen LogP contribution in [0.5, 0.6) is 0 Å². The van der Waals surface area contributed by atoms with Gasteiger partial charge in [0, 0.05) is 31.7 Å². The third-order valence-corrected chi connectivity index (χ3v) is 2.45. The lowest BCUT2D eigenvalue weighted by Crippen LogP contribution is -2.52. The van der Waals surface area contributed by atoms with Gasteiger partial charge in [0.15, 0.2) is 0 Å². The summed E-state index contributed by atoms with van der Waals surface area (Å²) in [4.78, 5) is 13.3. The van der Waals surface area contributed by atoms with Crippen LogP contribution in [-0.2, 0) is 4.79 Å². The Kier molecular flexibility index (Phi) is 5.72. The summed E-state index contributed by atoms with van der Waals surface area (Å²) in [5, 5.41) is 6.89. The third-order valence-electron chi connectivity index (χ3n) is 2.45. The van der Waals surface area contributed by atoms with Crippen LogP contribution >= 0.6 is 0 Å². The normalized spacial score (nSPS) is 19.7. The van der Waals surface area contributed by atoms with Crippen LogP contribution in [0.1, 0.15) is 20.8 Å². The maximum atomic E-state index is 8.36. The molecule has 0 aromatic carbocycles. The Morgan fingerprint density at radius 1 is 1.14 bits per heavy atom. The number of nitrogens with zero attached hydrogens (tertiary/aromatic N) is 2. The van der Waals surface area contributed by atoms with E-state index in [0.717, 1.165) is 0 Å². The van der Waals surface area contributed by atoms with Gasteiger partial charge in [0.05, 0.1) is 0 Å². The minimum absolute atomic E-state index is 0.250. The molecule has 0 spiro atoms. The molecule has 4 nitrogen and oxygen atoms in total. The number of carbonyl (C=O) groups is 1. The van der Waals surface area contributed by atoms with Crippen molar-refractivity contribution in [3.8, 4) is 0 Å². The van der Waals surface area contributed by atoms with E-state index in [1.807, 2.05) is 0 Å². The Balaban J connectivity index is 0.000000500. The van der Waals surface area contributed by atoms with Gasteiger partial charge in [-0.1, -0.05) is 0 Å². The molecule has 0 aliphatic carbocycles. The van der Waals surface area contributed by atoms with Gasteiger partial charge in [-0.15, -0.1) is 0 Å². The van der Waals surface area contributed by atoms with Crippen LogP contribution in [-0.4, -0.2) is 60.1 Å². The van der Waals surface area contributed by atoms with Crippen LogP contribution in [0.15, 0.2) is 0 Å². The second kappa shape index (κ2) is 5.98. The maximum Gasteiger partial charge on any atom is 0.290 e. The molecule has 0 saturated carbocycles. The lowest BCUT2D eigenvalue weighted by atomic mass is 10.1. The third kappa shape index (κ3) is 5.19. The summed E-state index contributed by atoms with van der Waals surface area (Å²) in [6, 6.07) is 0. The minimum atomic E-state index is -0.250. The molecule has 0 atom stereocenters. The number of hydrogen-bond acceptors (Lipinski definition) is 3. The first-order chi connectivity index (χ1) is 6.41. The molecule has 4 heteroatoms. The highest BCUT2D eigenvalue weighted by Crippen LogP contribution is 2.14. The van der Waals surface area contributed by atoms with Gasteiger partial charge in [0.2, 0.25) is 0 Å². The van der Waals surface area contributed by atoms with Gasteiger partial charge in [0.25, 0.3) is 6.47 Å². The molecule has 0 aromatic heterocycles. The zero-order chi connectivity index (χ0) is 11.2. The minimum Gasteiger partial charge on any atom is -0.483 e. The topological polar surface area (TPSA) is 43.8 Å². The predicted molar refractivity (Wildman–Crippen MR) is 57.5 cm³/mol. The van der Waals surface area contributed by atoms with Crippen molar-refractivity contribution < 1.29 is 9.90 Å². The summed E-state index contributed by atoms with van der Waals surface area (Å²) in [5.74, 6) is 0. The predicted octanol–water partition coefficient (Wildman–Crippen LogP) is 0.733. The van der Waals surface area contributed by atoms with E-state index < -0.39 is 0 Å². The van der Waals surface area contributed by atoms with E-state index >= 15 is 0 Å². The quantitative estimate of drug-likeness (QED) is 0.588. The Morgan fingerprint density at radius 2 is 1.50 bits per heavy atom. The fourth-order valence-corrected chi connectivity index (χ4v) is 1.48. The van der Waals surface area contributed by atoms with Gasteiger partial charge in [-0.3, -0.25) is 9.69 Å². The van der Waals surface area contributed by atoms with E-state index in [2.05, 4.69) is 37.6 Å². The largest absolute Gasteiger partial charge is 0.483 e. The second-order valence-corrected chi connectivity index (χ2v) is 4.57. The summed E-state index contributed by atoms with van der Waals surface area (Å²) < 4.78 is 0. The summed E-state index contributed by atoms with van der Waals surface area (Å²) in [6.45, 7) is 11.5. The molecule has 0 radical (unpaired) electrons. The van der Waals surface area contributed by atoms with Crippen molar-refractivity contribution in [1.29, 1.82) is 0 Å². The number of piperazine rings is 1. The smallest absolute Gasteiger partial charge is 0.290 e. The molecule has 1 saturated heterocycles.